The molecule has 0 saturated heterocycles. The number of aryl methyl sites for hydroxylation is 2. The van der Waals surface area contributed by atoms with Crippen molar-refractivity contribution in [3.8, 4) is 0 Å². The van der Waals surface area contributed by atoms with E-state index in [2.05, 4.69) is 15.8 Å². The Balaban J connectivity index is 2.07. The maximum Gasteiger partial charge on any atom is 0.329 e. The molecule has 0 bridgehead atoms. The number of nitrogens with zero attached hydrogens (tertiary/aromatic N) is 1. The van der Waals surface area contributed by atoms with Gasteiger partial charge < -0.3 is 5.32 Å². The highest BCUT2D eigenvalue weighted by atomic mass is 35.5. The number of para-hydroxylation sites is 1. The van der Waals surface area contributed by atoms with Crippen molar-refractivity contribution in [3.63, 3.8) is 0 Å². The molecule has 0 aliphatic carbocycles. The van der Waals surface area contributed by atoms with Gasteiger partial charge in [0, 0.05) is 11.3 Å². The van der Waals surface area contributed by atoms with E-state index >= 15 is 0 Å². The summed E-state index contributed by atoms with van der Waals surface area (Å²) in [5.74, 6) is -2.39. The van der Waals surface area contributed by atoms with Gasteiger partial charge in [-0.25, -0.2) is 9.82 Å². The Morgan fingerprint density at radius 1 is 1.08 bits per heavy atom. The summed E-state index contributed by atoms with van der Waals surface area (Å²) < 4.78 is 13.6. The van der Waals surface area contributed by atoms with Crippen LogP contribution in [0.1, 0.15) is 30.5 Å². The molecule has 0 radical (unpaired) electrons. The molecule has 0 saturated carbocycles. The summed E-state index contributed by atoms with van der Waals surface area (Å²) in [6, 6.07) is 9.87. The summed E-state index contributed by atoms with van der Waals surface area (Å²) >= 11 is 5.86. The molecule has 5 nitrogen and oxygen atoms in total. The second kappa shape index (κ2) is 9.10. The minimum Gasteiger partial charge on any atom is -0.317 e. The third-order valence-corrected chi connectivity index (χ3v) is 4.13. The van der Waals surface area contributed by atoms with Gasteiger partial charge in [-0.2, -0.15) is 5.10 Å². The second-order valence-electron chi connectivity index (χ2n) is 5.45. The molecule has 7 heteroatoms. The summed E-state index contributed by atoms with van der Waals surface area (Å²) in [5.41, 5.74) is 4.61. The third kappa shape index (κ3) is 4.67. The zero-order valence-electron chi connectivity index (χ0n) is 14.5. The van der Waals surface area contributed by atoms with Crippen LogP contribution in [0, 0.1) is 5.82 Å². The summed E-state index contributed by atoms with van der Waals surface area (Å²) in [5, 5.41) is 6.38. The van der Waals surface area contributed by atoms with Crippen LogP contribution >= 0.6 is 11.6 Å². The molecule has 0 spiro atoms. The number of halogens is 2. The standard InChI is InChI=1S/C19H19ClFN3O2/c1-3-12-7-5-8-13(4-2)17(12)23-18(25)19(26)24-22-11-14-15(20)9-6-10-16(14)21/h5-11H,3-4H2,1-2H3,(H,23,25)(H,24,26)/b22-11+. The monoisotopic (exact) mass is 375 g/mol. The van der Waals surface area contributed by atoms with Gasteiger partial charge in [0.25, 0.3) is 0 Å². The Morgan fingerprint density at radius 3 is 2.27 bits per heavy atom. The molecule has 0 aliphatic heterocycles. The molecular weight excluding hydrogens is 357 g/mol. The van der Waals surface area contributed by atoms with Crippen LogP contribution in [0.15, 0.2) is 41.5 Å². The predicted octanol–water partition coefficient (Wildman–Crippen LogP) is 3.69. The minimum atomic E-state index is -0.957. The van der Waals surface area contributed by atoms with Crippen molar-refractivity contribution in [2.24, 2.45) is 5.10 Å². The number of hydrazone groups is 1. The first kappa shape index (κ1) is 19.6. The lowest BCUT2D eigenvalue weighted by molar-refractivity contribution is -0.136. The van der Waals surface area contributed by atoms with Crippen LogP contribution in [0.5, 0.6) is 0 Å². The van der Waals surface area contributed by atoms with Crippen molar-refractivity contribution < 1.29 is 14.0 Å². The fourth-order valence-corrected chi connectivity index (χ4v) is 2.63. The molecule has 0 unspecified atom stereocenters. The summed E-state index contributed by atoms with van der Waals surface area (Å²) in [6.45, 7) is 3.93. The van der Waals surface area contributed by atoms with Crippen LogP contribution in [0.3, 0.4) is 0 Å². The van der Waals surface area contributed by atoms with E-state index in [4.69, 9.17) is 11.6 Å². The van der Waals surface area contributed by atoms with Gasteiger partial charge in [0.2, 0.25) is 0 Å². The zero-order valence-corrected chi connectivity index (χ0v) is 15.2. The number of benzene rings is 2. The molecule has 2 N–H and O–H groups in total. The maximum atomic E-state index is 13.6. The molecule has 0 atom stereocenters. The first-order valence-corrected chi connectivity index (χ1v) is 8.54. The molecule has 26 heavy (non-hydrogen) atoms. The van der Waals surface area contributed by atoms with E-state index < -0.39 is 17.6 Å². The Morgan fingerprint density at radius 2 is 1.69 bits per heavy atom. The molecule has 2 aromatic carbocycles. The third-order valence-electron chi connectivity index (χ3n) is 3.80. The molecule has 2 amide bonds. The lowest BCUT2D eigenvalue weighted by Crippen LogP contribution is -2.33. The van der Waals surface area contributed by atoms with Crippen LogP contribution in [-0.4, -0.2) is 18.0 Å². The van der Waals surface area contributed by atoms with Gasteiger partial charge in [-0.15, -0.1) is 0 Å². The number of hydrogen-bond donors (Lipinski definition) is 2. The molecule has 0 aliphatic rings. The number of nitrogens with one attached hydrogen (secondary N) is 2. The highest BCUT2D eigenvalue weighted by molar-refractivity contribution is 6.39. The van der Waals surface area contributed by atoms with Crippen molar-refractivity contribution in [3.05, 3.63) is 63.9 Å². The molecule has 0 aromatic heterocycles. The van der Waals surface area contributed by atoms with Gasteiger partial charge in [-0.05, 0) is 36.1 Å². The van der Waals surface area contributed by atoms with Crippen molar-refractivity contribution >= 4 is 35.3 Å². The number of rotatable bonds is 5. The van der Waals surface area contributed by atoms with E-state index in [1.54, 1.807) is 0 Å². The fourth-order valence-electron chi connectivity index (χ4n) is 2.41. The van der Waals surface area contributed by atoms with Crippen molar-refractivity contribution in [2.45, 2.75) is 26.7 Å². The highest BCUT2D eigenvalue weighted by Crippen LogP contribution is 2.22. The Bertz CT molecular complexity index is 810. The quantitative estimate of drug-likeness (QED) is 0.475. The van der Waals surface area contributed by atoms with Crippen LogP contribution in [0.4, 0.5) is 10.1 Å². The number of anilines is 1. The Hall–Kier alpha value is -2.73. The first-order chi connectivity index (χ1) is 12.5. The number of carbonyl (C=O) groups is 2. The highest BCUT2D eigenvalue weighted by Gasteiger charge is 2.16. The molecule has 0 fully saturated rings. The molecule has 2 aromatic rings. The van der Waals surface area contributed by atoms with Gasteiger partial charge >= 0.3 is 11.8 Å². The predicted molar refractivity (Wildman–Crippen MR) is 101 cm³/mol. The lowest BCUT2D eigenvalue weighted by atomic mass is 10.0. The van der Waals surface area contributed by atoms with Gasteiger partial charge in [0.1, 0.15) is 5.82 Å². The van der Waals surface area contributed by atoms with Gasteiger partial charge in [0.15, 0.2) is 0 Å². The van der Waals surface area contributed by atoms with Crippen molar-refractivity contribution in [1.29, 1.82) is 0 Å². The van der Waals surface area contributed by atoms with Crippen LogP contribution in [0.25, 0.3) is 0 Å². The zero-order chi connectivity index (χ0) is 19.1. The van der Waals surface area contributed by atoms with Crippen molar-refractivity contribution in [1.82, 2.24) is 5.43 Å². The average Bonchev–Trinajstić information content (AvgIpc) is 2.64. The van der Waals surface area contributed by atoms with E-state index in [1.807, 2.05) is 32.0 Å². The molecule has 0 heterocycles. The second-order valence-corrected chi connectivity index (χ2v) is 5.85. The number of amides is 2. The summed E-state index contributed by atoms with van der Waals surface area (Å²) in [7, 11) is 0. The van der Waals surface area contributed by atoms with Crippen molar-refractivity contribution in [2.75, 3.05) is 5.32 Å². The number of carbonyl (C=O) groups excluding carboxylic acids is 2. The smallest absolute Gasteiger partial charge is 0.317 e. The largest absolute Gasteiger partial charge is 0.329 e. The van der Waals surface area contributed by atoms with E-state index in [-0.39, 0.29) is 10.6 Å². The van der Waals surface area contributed by atoms with Crippen LogP contribution < -0.4 is 10.7 Å². The van der Waals surface area contributed by atoms with Gasteiger partial charge in [-0.3, -0.25) is 9.59 Å². The van der Waals surface area contributed by atoms with Gasteiger partial charge in [0.05, 0.1) is 11.2 Å². The average molecular weight is 376 g/mol. The van der Waals surface area contributed by atoms with E-state index in [0.29, 0.717) is 5.69 Å². The minimum absolute atomic E-state index is 0.0273. The van der Waals surface area contributed by atoms with E-state index in [1.165, 1.54) is 18.2 Å². The van der Waals surface area contributed by atoms with Gasteiger partial charge in [-0.1, -0.05) is 49.7 Å². The lowest BCUT2D eigenvalue weighted by Gasteiger charge is -2.13. The normalized spacial score (nSPS) is 10.8. The first-order valence-electron chi connectivity index (χ1n) is 8.17. The Kier molecular flexibility index (Phi) is 6.86. The van der Waals surface area contributed by atoms with Crippen LogP contribution in [-0.2, 0) is 22.4 Å². The molecule has 136 valence electrons. The van der Waals surface area contributed by atoms with E-state index in [0.717, 1.165) is 30.2 Å². The topological polar surface area (TPSA) is 70.6 Å². The Labute approximate surface area is 156 Å². The fraction of sp³-hybridized carbons (Fsp3) is 0.211. The van der Waals surface area contributed by atoms with Crippen LogP contribution in [0.2, 0.25) is 5.02 Å². The number of hydrogen-bond acceptors (Lipinski definition) is 3. The van der Waals surface area contributed by atoms with E-state index in [9.17, 15) is 14.0 Å². The molecule has 2 rings (SSSR count). The summed E-state index contributed by atoms with van der Waals surface area (Å²) in [4.78, 5) is 24.1. The summed E-state index contributed by atoms with van der Waals surface area (Å²) in [6.07, 6.45) is 2.49. The SMILES string of the molecule is CCc1cccc(CC)c1NC(=O)C(=O)N/N=C/c1c(F)cccc1Cl. The maximum absolute atomic E-state index is 13.6. The molecular formula is C19H19ClFN3O2.